The van der Waals surface area contributed by atoms with E-state index in [1.807, 2.05) is 4.90 Å². The SMILES string of the molecule is [CH]N1CCN(C(C)C)CC1. The quantitative estimate of drug-likeness (QED) is 0.528. The molecule has 0 unspecified atom stereocenters. The minimum Gasteiger partial charge on any atom is -0.298 e. The summed E-state index contributed by atoms with van der Waals surface area (Å²) >= 11 is 0. The minimum atomic E-state index is 0.675. The van der Waals surface area contributed by atoms with Gasteiger partial charge >= 0.3 is 0 Å². The highest BCUT2D eigenvalue weighted by molar-refractivity contribution is 4.73. The smallest absolute Gasteiger partial charge is 0.0439 e. The second-order valence-corrected chi connectivity index (χ2v) is 3.17. The number of nitrogens with zero attached hydrogens (tertiary/aromatic N) is 2. The molecule has 2 radical (unpaired) electrons. The first-order valence-electron chi connectivity index (χ1n) is 3.94. The van der Waals surface area contributed by atoms with E-state index in [9.17, 15) is 0 Å². The first-order valence-corrected chi connectivity index (χ1v) is 3.94. The van der Waals surface area contributed by atoms with E-state index in [4.69, 9.17) is 7.05 Å². The molecule has 58 valence electrons. The molecule has 0 saturated carbocycles. The normalized spacial score (nSPS) is 24.0. The van der Waals surface area contributed by atoms with Gasteiger partial charge in [0, 0.05) is 39.3 Å². The molecule has 0 aromatic carbocycles. The maximum Gasteiger partial charge on any atom is 0.0439 e. The lowest BCUT2D eigenvalue weighted by Gasteiger charge is -2.34. The van der Waals surface area contributed by atoms with Gasteiger partial charge in [-0.15, -0.1) is 0 Å². The van der Waals surface area contributed by atoms with Gasteiger partial charge in [0.1, 0.15) is 0 Å². The Morgan fingerprint density at radius 3 is 2.00 bits per heavy atom. The molecule has 1 aliphatic rings. The molecule has 1 fully saturated rings. The predicted octanol–water partition coefficient (Wildman–Crippen LogP) is 0.681. The Morgan fingerprint density at radius 2 is 1.60 bits per heavy atom. The van der Waals surface area contributed by atoms with Gasteiger partial charge in [0.25, 0.3) is 0 Å². The van der Waals surface area contributed by atoms with E-state index in [-0.39, 0.29) is 0 Å². The minimum absolute atomic E-state index is 0.675. The van der Waals surface area contributed by atoms with Crippen molar-refractivity contribution >= 4 is 0 Å². The van der Waals surface area contributed by atoms with Crippen molar-refractivity contribution < 1.29 is 0 Å². The molecule has 0 aromatic heterocycles. The van der Waals surface area contributed by atoms with Crippen molar-refractivity contribution in [2.45, 2.75) is 19.9 Å². The molecule has 1 rings (SSSR count). The highest BCUT2D eigenvalue weighted by atomic mass is 15.3. The van der Waals surface area contributed by atoms with Crippen molar-refractivity contribution in [3.63, 3.8) is 0 Å². The van der Waals surface area contributed by atoms with E-state index < -0.39 is 0 Å². The van der Waals surface area contributed by atoms with Crippen LogP contribution in [-0.4, -0.2) is 42.0 Å². The van der Waals surface area contributed by atoms with Crippen molar-refractivity contribution in [3.8, 4) is 0 Å². The summed E-state index contributed by atoms with van der Waals surface area (Å²) in [5.74, 6) is 0. The Balaban J connectivity index is 2.26. The van der Waals surface area contributed by atoms with Crippen LogP contribution in [0, 0.1) is 7.05 Å². The number of piperazine rings is 1. The van der Waals surface area contributed by atoms with E-state index in [1.165, 1.54) is 0 Å². The zero-order chi connectivity index (χ0) is 7.56. The van der Waals surface area contributed by atoms with E-state index in [0.717, 1.165) is 26.2 Å². The molecule has 0 aromatic rings. The van der Waals surface area contributed by atoms with Crippen molar-refractivity contribution in [2.75, 3.05) is 26.2 Å². The topological polar surface area (TPSA) is 6.48 Å². The second kappa shape index (κ2) is 3.35. The molecule has 0 atom stereocenters. The third kappa shape index (κ3) is 1.96. The Kier molecular flexibility index (Phi) is 2.69. The van der Waals surface area contributed by atoms with Crippen LogP contribution in [0.5, 0.6) is 0 Å². The van der Waals surface area contributed by atoms with Gasteiger partial charge < -0.3 is 0 Å². The summed E-state index contributed by atoms with van der Waals surface area (Å²) in [6.45, 7) is 8.72. The molecule has 2 nitrogen and oxygen atoms in total. The fourth-order valence-electron chi connectivity index (χ4n) is 1.25. The van der Waals surface area contributed by atoms with Gasteiger partial charge in [0.15, 0.2) is 0 Å². The molecule has 0 aliphatic carbocycles. The molecular formula is C8H16N2. The third-order valence-corrected chi connectivity index (χ3v) is 2.08. The summed E-state index contributed by atoms with van der Waals surface area (Å²) in [4.78, 5) is 4.34. The number of rotatable bonds is 1. The van der Waals surface area contributed by atoms with Gasteiger partial charge in [0.2, 0.25) is 0 Å². The van der Waals surface area contributed by atoms with Crippen LogP contribution in [0.15, 0.2) is 0 Å². The molecular weight excluding hydrogens is 124 g/mol. The fourth-order valence-corrected chi connectivity index (χ4v) is 1.25. The van der Waals surface area contributed by atoms with Crippen LogP contribution in [0.25, 0.3) is 0 Å². The fraction of sp³-hybridized carbons (Fsp3) is 0.875. The largest absolute Gasteiger partial charge is 0.298 e. The Bertz CT molecular complexity index is 93.4. The zero-order valence-electron chi connectivity index (χ0n) is 6.88. The average molecular weight is 140 g/mol. The van der Waals surface area contributed by atoms with Crippen LogP contribution in [0.1, 0.15) is 13.8 Å². The summed E-state index contributed by atoms with van der Waals surface area (Å²) < 4.78 is 0. The number of hydrogen-bond donors (Lipinski definition) is 0. The molecule has 10 heavy (non-hydrogen) atoms. The number of hydrogen-bond acceptors (Lipinski definition) is 2. The highest BCUT2D eigenvalue weighted by Gasteiger charge is 2.15. The van der Waals surface area contributed by atoms with Crippen LogP contribution in [-0.2, 0) is 0 Å². The molecule has 0 amide bonds. The lowest BCUT2D eigenvalue weighted by Crippen LogP contribution is -2.46. The maximum absolute atomic E-state index is 5.60. The lowest BCUT2D eigenvalue weighted by atomic mass is 10.2. The zero-order valence-corrected chi connectivity index (χ0v) is 6.88. The lowest BCUT2D eigenvalue weighted by molar-refractivity contribution is 0.136. The van der Waals surface area contributed by atoms with E-state index >= 15 is 0 Å². The Hall–Kier alpha value is -0.0800. The van der Waals surface area contributed by atoms with Crippen molar-refractivity contribution in [3.05, 3.63) is 7.05 Å². The standard InChI is InChI=1S/C8H16N2/c1-8(2)10-6-4-9(3)5-7-10/h3,8H,4-7H2,1-2H3. The average Bonchev–Trinajstić information content (AvgIpc) is 1.88. The molecule has 1 aliphatic heterocycles. The van der Waals surface area contributed by atoms with E-state index in [0.29, 0.717) is 6.04 Å². The van der Waals surface area contributed by atoms with Gasteiger partial charge in [0.05, 0.1) is 0 Å². The third-order valence-electron chi connectivity index (χ3n) is 2.08. The van der Waals surface area contributed by atoms with Crippen molar-refractivity contribution in [2.24, 2.45) is 0 Å². The van der Waals surface area contributed by atoms with E-state index in [1.54, 1.807) is 0 Å². The van der Waals surface area contributed by atoms with Crippen molar-refractivity contribution in [1.82, 2.24) is 9.80 Å². The van der Waals surface area contributed by atoms with Gasteiger partial charge in [-0.2, -0.15) is 0 Å². The van der Waals surface area contributed by atoms with Gasteiger partial charge in [-0.25, -0.2) is 0 Å². The van der Waals surface area contributed by atoms with Crippen LogP contribution >= 0.6 is 0 Å². The molecule has 0 spiro atoms. The molecule has 2 heteroatoms. The van der Waals surface area contributed by atoms with E-state index in [2.05, 4.69) is 18.7 Å². The van der Waals surface area contributed by atoms with Gasteiger partial charge in [-0.3, -0.25) is 9.80 Å². The highest BCUT2D eigenvalue weighted by Crippen LogP contribution is 2.03. The van der Waals surface area contributed by atoms with Gasteiger partial charge in [-0.05, 0) is 13.8 Å². The van der Waals surface area contributed by atoms with Crippen LogP contribution in [0.3, 0.4) is 0 Å². The molecule has 1 heterocycles. The first-order chi connectivity index (χ1) is 4.70. The summed E-state index contributed by atoms with van der Waals surface area (Å²) in [6.07, 6.45) is 0. The summed E-state index contributed by atoms with van der Waals surface area (Å²) in [7, 11) is 5.60. The first kappa shape index (κ1) is 8.02. The maximum atomic E-state index is 5.60. The molecule has 0 N–H and O–H groups in total. The molecule has 1 saturated heterocycles. The van der Waals surface area contributed by atoms with Crippen LogP contribution in [0.4, 0.5) is 0 Å². The predicted molar refractivity (Wildman–Crippen MR) is 42.6 cm³/mol. The van der Waals surface area contributed by atoms with Gasteiger partial charge in [-0.1, -0.05) is 0 Å². The monoisotopic (exact) mass is 140 g/mol. The van der Waals surface area contributed by atoms with Crippen molar-refractivity contribution in [1.29, 1.82) is 0 Å². The van der Waals surface area contributed by atoms with Crippen LogP contribution < -0.4 is 0 Å². The Labute approximate surface area is 63.8 Å². The summed E-state index contributed by atoms with van der Waals surface area (Å²) in [5, 5.41) is 0. The second-order valence-electron chi connectivity index (χ2n) is 3.17. The van der Waals surface area contributed by atoms with Crippen LogP contribution in [0.2, 0.25) is 0 Å². The summed E-state index contributed by atoms with van der Waals surface area (Å²) in [5.41, 5.74) is 0. The summed E-state index contributed by atoms with van der Waals surface area (Å²) in [6, 6.07) is 0.675. The Morgan fingerprint density at radius 1 is 1.10 bits per heavy atom. The molecule has 0 bridgehead atoms.